The molecule has 2 N–H and O–H groups in total. The Kier molecular flexibility index (Phi) is 6.76. The third kappa shape index (κ3) is 5.28. The summed E-state index contributed by atoms with van der Waals surface area (Å²) in [5, 5.41) is 4.99. The maximum atomic E-state index is 12.7. The molecule has 154 valence electrons. The van der Waals surface area contributed by atoms with Crippen molar-refractivity contribution in [1.82, 2.24) is 10.2 Å². The number of halogens is 4. The van der Waals surface area contributed by atoms with Crippen LogP contribution in [0.1, 0.15) is 19.4 Å². The molecule has 0 unspecified atom stereocenters. The number of ether oxygens (including phenoxy) is 1. The monoisotopic (exact) mass is 421 g/mol. The predicted octanol–water partition coefficient (Wildman–Crippen LogP) is 2.89. The largest absolute Gasteiger partial charge is 0.454 e. The third-order valence-electron chi connectivity index (χ3n) is 4.02. The fourth-order valence-electron chi connectivity index (χ4n) is 2.48. The molecule has 1 saturated heterocycles. The van der Waals surface area contributed by atoms with Crippen molar-refractivity contribution in [2.75, 3.05) is 25.0 Å². The van der Waals surface area contributed by atoms with Crippen molar-refractivity contribution in [3.63, 3.8) is 0 Å². The molecule has 0 aliphatic carbocycles. The minimum atomic E-state index is -4.54. The van der Waals surface area contributed by atoms with Crippen molar-refractivity contribution in [3.8, 4) is 0 Å². The van der Waals surface area contributed by atoms with Crippen LogP contribution in [-0.2, 0) is 20.5 Å². The Labute approximate surface area is 164 Å². The Bertz CT molecular complexity index is 771. The summed E-state index contributed by atoms with van der Waals surface area (Å²) in [4.78, 5) is 36.6. The third-order valence-corrected chi connectivity index (χ3v) is 4.34. The van der Waals surface area contributed by atoms with Crippen molar-refractivity contribution in [2.24, 2.45) is 5.92 Å². The summed E-state index contributed by atoms with van der Waals surface area (Å²) in [6.45, 7) is 3.25. The van der Waals surface area contributed by atoms with Crippen LogP contribution in [0.4, 0.5) is 23.7 Å². The molecule has 3 amide bonds. The molecule has 0 bridgehead atoms. The fourth-order valence-corrected chi connectivity index (χ4v) is 2.72. The summed E-state index contributed by atoms with van der Waals surface area (Å²) in [5.74, 6) is -1.78. The SMILES string of the molecule is CC(C)[C@@H](Nc1ccc(C(F)(F)F)cc1Cl)C(=O)OCC(=O)N1CCNC1=O. The smallest absolute Gasteiger partial charge is 0.416 e. The van der Waals surface area contributed by atoms with E-state index in [1.165, 1.54) is 0 Å². The van der Waals surface area contributed by atoms with Gasteiger partial charge in [-0.1, -0.05) is 25.4 Å². The van der Waals surface area contributed by atoms with Gasteiger partial charge in [0.25, 0.3) is 5.91 Å². The van der Waals surface area contributed by atoms with Crippen molar-refractivity contribution >= 4 is 35.2 Å². The molecule has 28 heavy (non-hydrogen) atoms. The van der Waals surface area contributed by atoms with Crippen molar-refractivity contribution in [1.29, 1.82) is 0 Å². The van der Waals surface area contributed by atoms with Gasteiger partial charge < -0.3 is 15.4 Å². The second-order valence-electron chi connectivity index (χ2n) is 6.44. The maximum Gasteiger partial charge on any atom is 0.416 e. The first-order valence-electron chi connectivity index (χ1n) is 8.39. The number of anilines is 1. The zero-order chi connectivity index (χ0) is 21.1. The van der Waals surface area contributed by atoms with Crippen LogP contribution >= 0.6 is 11.6 Å². The van der Waals surface area contributed by atoms with Gasteiger partial charge in [-0.2, -0.15) is 13.2 Å². The summed E-state index contributed by atoms with van der Waals surface area (Å²) >= 11 is 5.90. The van der Waals surface area contributed by atoms with Crippen LogP contribution in [0.2, 0.25) is 5.02 Å². The normalized spacial score (nSPS) is 15.4. The molecule has 7 nitrogen and oxygen atoms in total. The highest BCUT2D eigenvalue weighted by molar-refractivity contribution is 6.33. The van der Waals surface area contributed by atoms with Gasteiger partial charge in [-0.25, -0.2) is 9.59 Å². The Morgan fingerprint density at radius 3 is 2.54 bits per heavy atom. The highest BCUT2D eigenvalue weighted by Crippen LogP contribution is 2.34. The Hall–Kier alpha value is -2.49. The van der Waals surface area contributed by atoms with Crippen LogP contribution in [0, 0.1) is 5.92 Å². The molecule has 1 atom stereocenters. The van der Waals surface area contributed by atoms with Crippen LogP contribution in [0.5, 0.6) is 0 Å². The van der Waals surface area contributed by atoms with Crippen molar-refractivity contribution in [2.45, 2.75) is 26.1 Å². The molecule has 11 heteroatoms. The first kappa shape index (κ1) is 21.8. The molecule has 2 rings (SSSR count). The van der Waals surface area contributed by atoms with Gasteiger partial charge in [0.2, 0.25) is 0 Å². The second-order valence-corrected chi connectivity index (χ2v) is 6.85. The van der Waals surface area contributed by atoms with Crippen LogP contribution < -0.4 is 10.6 Å². The standard InChI is InChI=1S/C17H19ClF3N3O4/c1-9(2)14(15(26)28-8-13(25)24-6-5-22-16(24)27)23-12-4-3-10(7-11(12)18)17(19,20)21/h3-4,7,9,14,23H,5-6,8H2,1-2H3,(H,22,27)/t14-/m1/s1. The van der Waals surface area contributed by atoms with Gasteiger partial charge in [-0.05, 0) is 24.1 Å². The van der Waals surface area contributed by atoms with Crippen molar-refractivity contribution in [3.05, 3.63) is 28.8 Å². The number of nitrogens with one attached hydrogen (secondary N) is 2. The first-order chi connectivity index (χ1) is 13.0. The second kappa shape index (κ2) is 8.68. The van der Waals surface area contributed by atoms with E-state index in [1.807, 2.05) is 0 Å². The average Bonchev–Trinajstić information content (AvgIpc) is 3.03. The molecule has 0 spiro atoms. The molecular formula is C17H19ClF3N3O4. The number of urea groups is 1. The number of hydrogen-bond acceptors (Lipinski definition) is 5. The topological polar surface area (TPSA) is 87.7 Å². The number of amides is 3. The lowest BCUT2D eigenvalue weighted by molar-refractivity contribution is -0.152. The van der Waals surface area contributed by atoms with E-state index in [1.54, 1.807) is 13.8 Å². The first-order valence-corrected chi connectivity index (χ1v) is 8.76. The summed E-state index contributed by atoms with van der Waals surface area (Å²) in [5.41, 5.74) is -0.795. The van der Waals surface area contributed by atoms with Gasteiger partial charge in [-0.3, -0.25) is 9.69 Å². The van der Waals surface area contributed by atoms with E-state index >= 15 is 0 Å². The van der Waals surface area contributed by atoms with E-state index < -0.39 is 42.3 Å². The molecular weight excluding hydrogens is 403 g/mol. The number of esters is 1. The summed E-state index contributed by atoms with van der Waals surface area (Å²) in [7, 11) is 0. The number of hydrogen-bond donors (Lipinski definition) is 2. The number of alkyl halides is 3. The van der Waals surface area contributed by atoms with Crippen LogP contribution in [-0.4, -0.2) is 48.5 Å². The van der Waals surface area contributed by atoms with Gasteiger partial charge in [0.15, 0.2) is 6.61 Å². The summed E-state index contributed by atoms with van der Waals surface area (Å²) in [6.07, 6.45) is -4.54. The fraction of sp³-hybridized carbons (Fsp3) is 0.471. The molecule has 1 aliphatic rings. The number of imide groups is 1. The Morgan fingerprint density at radius 2 is 2.04 bits per heavy atom. The lowest BCUT2D eigenvalue weighted by Crippen LogP contribution is -2.40. The lowest BCUT2D eigenvalue weighted by atomic mass is 10.0. The minimum absolute atomic E-state index is 0.121. The van der Waals surface area contributed by atoms with E-state index in [-0.39, 0.29) is 23.2 Å². The Morgan fingerprint density at radius 1 is 1.36 bits per heavy atom. The molecule has 0 saturated carbocycles. The quantitative estimate of drug-likeness (QED) is 0.690. The number of benzene rings is 1. The zero-order valence-electron chi connectivity index (χ0n) is 15.1. The molecule has 1 heterocycles. The van der Waals surface area contributed by atoms with Gasteiger partial charge in [0.05, 0.1) is 16.3 Å². The van der Waals surface area contributed by atoms with Gasteiger partial charge in [0.1, 0.15) is 6.04 Å². The van der Waals surface area contributed by atoms with E-state index in [0.717, 1.165) is 23.1 Å². The molecule has 1 aromatic rings. The highest BCUT2D eigenvalue weighted by atomic mass is 35.5. The summed E-state index contributed by atoms with van der Waals surface area (Å²) < 4.78 is 43.2. The number of rotatable bonds is 6. The molecule has 1 aliphatic heterocycles. The molecule has 0 radical (unpaired) electrons. The number of carbonyl (C=O) groups is 3. The van der Waals surface area contributed by atoms with Crippen molar-refractivity contribution < 1.29 is 32.3 Å². The van der Waals surface area contributed by atoms with E-state index in [0.29, 0.717) is 6.54 Å². The van der Waals surface area contributed by atoms with E-state index in [9.17, 15) is 27.6 Å². The van der Waals surface area contributed by atoms with Gasteiger partial charge >= 0.3 is 18.2 Å². The molecule has 0 aromatic heterocycles. The zero-order valence-corrected chi connectivity index (χ0v) is 15.9. The van der Waals surface area contributed by atoms with E-state index in [2.05, 4.69) is 10.6 Å². The van der Waals surface area contributed by atoms with Crippen LogP contribution in [0.25, 0.3) is 0 Å². The van der Waals surface area contributed by atoms with Gasteiger partial charge in [-0.15, -0.1) is 0 Å². The van der Waals surface area contributed by atoms with Gasteiger partial charge in [0, 0.05) is 13.1 Å². The average molecular weight is 422 g/mol. The maximum absolute atomic E-state index is 12.7. The molecule has 1 fully saturated rings. The van der Waals surface area contributed by atoms with Crippen LogP contribution in [0.15, 0.2) is 18.2 Å². The summed E-state index contributed by atoms with van der Waals surface area (Å²) in [6, 6.07) is 1.19. The Balaban J connectivity index is 2.03. The van der Waals surface area contributed by atoms with Crippen LogP contribution in [0.3, 0.4) is 0 Å². The lowest BCUT2D eigenvalue weighted by Gasteiger charge is -2.23. The minimum Gasteiger partial charge on any atom is -0.454 e. The number of carbonyl (C=O) groups excluding carboxylic acids is 3. The number of nitrogens with zero attached hydrogens (tertiary/aromatic N) is 1. The van der Waals surface area contributed by atoms with E-state index in [4.69, 9.17) is 16.3 Å². The highest BCUT2D eigenvalue weighted by Gasteiger charge is 2.32. The molecule has 1 aromatic carbocycles. The predicted molar refractivity (Wildman–Crippen MR) is 94.8 cm³/mol.